The summed E-state index contributed by atoms with van der Waals surface area (Å²) in [5.74, 6) is -0.0733. The molecule has 0 spiro atoms. The molecule has 46 heavy (non-hydrogen) atoms. The van der Waals surface area contributed by atoms with Crippen molar-refractivity contribution < 1.29 is 34.4 Å². The van der Waals surface area contributed by atoms with Crippen LogP contribution in [0.1, 0.15) is 149 Å². The van der Waals surface area contributed by atoms with E-state index in [-0.39, 0.29) is 25.4 Å². The summed E-state index contributed by atoms with van der Waals surface area (Å²) in [6.45, 7) is 6.07. The smallest absolute Gasteiger partial charge is 0.306 e. The monoisotopic (exact) mass is 648 g/mol. The van der Waals surface area contributed by atoms with Crippen molar-refractivity contribution >= 4 is 11.9 Å². The first-order valence-corrected chi connectivity index (χ1v) is 18.2. The highest BCUT2D eigenvalue weighted by molar-refractivity contribution is 5.70. The van der Waals surface area contributed by atoms with Crippen molar-refractivity contribution in [3.63, 3.8) is 0 Å². The molecule has 0 unspecified atom stereocenters. The van der Waals surface area contributed by atoms with E-state index in [4.69, 9.17) is 9.47 Å². The van der Waals surface area contributed by atoms with E-state index < -0.39 is 30.9 Å². The molecule has 0 aliphatic carbocycles. The van der Waals surface area contributed by atoms with Gasteiger partial charge < -0.3 is 24.8 Å². The highest BCUT2D eigenvalue weighted by Gasteiger charge is 2.18. The standard InChI is InChI=1S/C39H68O7/c1-4-5-6-7-8-9-10-11-15-18-21-24-28-36(41)37(42)29-26-31-39(44)46-35(32-40)33-45-38(43)30-25-22-19-16-13-12-14-17-20-23-27-34(2)3/h5-6,8-9,11,15,21,24,34-37,40-42H,4,7,10,12-14,16-20,22-23,25-33H2,1-3H3/b6-5-,9-8-,15-11-,24-21-/t35-,36+,37+/m0/s1. The lowest BCUT2D eigenvalue weighted by atomic mass is 10.0. The maximum atomic E-state index is 12.2. The van der Waals surface area contributed by atoms with Crippen LogP contribution in [0.15, 0.2) is 48.6 Å². The summed E-state index contributed by atoms with van der Waals surface area (Å²) in [7, 11) is 0. The van der Waals surface area contributed by atoms with Gasteiger partial charge in [0.2, 0.25) is 0 Å². The van der Waals surface area contributed by atoms with E-state index in [2.05, 4.69) is 57.2 Å². The quantitative estimate of drug-likeness (QED) is 0.0391. The van der Waals surface area contributed by atoms with Crippen molar-refractivity contribution in [3.8, 4) is 0 Å². The predicted octanol–water partition coefficient (Wildman–Crippen LogP) is 8.86. The second-order valence-corrected chi connectivity index (χ2v) is 12.7. The van der Waals surface area contributed by atoms with Gasteiger partial charge in [0.25, 0.3) is 0 Å². The number of rotatable bonds is 31. The van der Waals surface area contributed by atoms with Gasteiger partial charge in [-0.25, -0.2) is 0 Å². The number of hydrogen-bond donors (Lipinski definition) is 3. The number of carbonyl (C=O) groups is 2. The third-order valence-corrected chi connectivity index (χ3v) is 7.77. The maximum absolute atomic E-state index is 12.2. The lowest BCUT2D eigenvalue weighted by Crippen LogP contribution is -2.29. The first-order chi connectivity index (χ1) is 22.3. The molecule has 0 fully saturated rings. The summed E-state index contributed by atoms with van der Waals surface area (Å²) in [4.78, 5) is 24.2. The van der Waals surface area contributed by atoms with E-state index in [1.54, 1.807) is 0 Å². The Labute approximate surface area is 281 Å². The van der Waals surface area contributed by atoms with Gasteiger partial charge in [-0.15, -0.1) is 0 Å². The van der Waals surface area contributed by atoms with Gasteiger partial charge in [-0.05, 0) is 57.3 Å². The van der Waals surface area contributed by atoms with E-state index >= 15 is 0 Å². The summed E-state index contributed by atoms with van der Waals surface area (Å²) in [5, 5.41) is 29.9. The molecular formula is C39H68O7. The number of aliphatic hydroxyl groups excluding tert-OH is 3. The maximum Gasteiger partial charge on any atom is 0.306 e. The number of unbranched alkanes of at least 4 members (excludes halogenated alkanes) is 9. The van der Waals surface area contributed by atoms with Crippen LogP contribution >= 0.6 is 0 Å². The average Bonchev–Trinajstić information content (AvgIpc) is 3.03. The minimum Gasteiger partial charge on any atom is -0.462 e. The average molecular weight is 649 g/mol. The van der Waals surface area contributed by atoms with Crippen LogP contribution in [0.3, 0.4) is 0 Å². The lowest BCUT2D eigenvalue weighted by molar-refractivity contribution is -0.161. The van der Waals surface area contributed by atoms with E-state index in [1.807, 2.05) is 12.2 Å². The molecule has 0 aliphatic heterocycles. The largest absolute Gasteiger partial charge is 0.462 e. The van der Waals surface area contributed by atoms with Gasteiger partial charge in [0, 0.05) is 12.8 Å². The van der Waals surface area contributed by atoms with Crippen LogP contribution in [0.2, 0.25) is 0 Å². The molecule has 0 radical (unpaired) electrons. The van der Waals surface area contributed by atoms with Crippen LogP contribution < -0.4 is 0 Å². The Kier molecular flexibility index (Phi) is 31.1. The Morgan fingerprint density at radius 1 is 0.609 bits per heavy atom. The summed E-state index contributed by atoms with van der Waals surface area (Å²) in [5.41, 5.74) is 0. The molecule has 0 bridgehead atoms. The minimum atomic E-state index is -0.945. The van der Waals surface area contributed by atoms with Crippen molar-refractivity contribution in [2.24, 2.45) is 5.92 Å². The highest BCUT2D eigenvalue weighted by atomic mass is 16.6. The summed E-state index contributed by atoms with van der Waals surface area (Å²) < 4.78 is 10.4. The molecule has 0 aromatic rings. The van der Waals surface area contributed by atoms with Crippen LogP contribution in [0.4, 0.5) is 0 Å². The molecule has 0 aromatic heterocycles. The molecular weight excluding hydrogens is 580 g/mol. The minimum absolute atomic E-state index is 0.0380. The molecule has 3 N–H and O–H groups in total. The number of esters is 2. The Morgan fingerprint density at radius 2 is 1.11 bits per heavy atom. The summed E-state index contributed by atoms with van der Waals surface area (Å²) >= 11 is 0. The topological polar surface area (TPSA) is 113 Å². The van der Waals surface area contributed by atoms with Crippen LogP contribution in [-0.2, 0) is 19.1 Å². The van der Waals surface area contributed by atoms with E-state index in [0.717, 1.165) is 50.9 Å². The highest BCUT2D eigenvalue weighted by Crippen LogP contribution is 2.14. The zero-order valence-corrected chi connectivity index (χ0v) is 29.5. The van der Waals surface area contributed by atoms with E-state index in [0.29, 0.717) is 19.3 Å². The first kappa shape index (κ1) is 43.8. The molecule has 0 rings (SSSR count). The number of hydrogen-bond acceptors (Lipinski definition) is 7. The van der Waals surface area contributed by atoms with Gasteiger partial charge in [-0.2, -0.15) is 0 Å². The summed E-state index contributed by atoms with van der Waals surface area (Å²) in [6.07, 6.45) is 32.1. The number of carbonyl (C=O) groups excluding carboxylic acids is 2. The van der Waals surface area contributed by atoms with Crippen molar-refractivity contribution in [2.75, 3.05) is 13.2 Å². The van der Waals surface area contributed by atoms with E-state index in [9.17, 15) is 24.9 Å². The molecule has 0 aliphatic rings. The number of ether oxygens (including phenoxy) is 2. The number of aliphatic hydroxyl groups is 3. The SMILES string of the molecule is CC/C=C\C/C=C\C/C=C\C/C=C\C[C@@H](O)[C@H](O)CCCC(=O)O[C@@H](CO)COC(=O)CCCCCCCCCCCCC(C)C. The molecule has 266 valence electrons. The molecule has 3 atom stereocenters. The van der Waals surface area contributed by atoms with Crippen molar-refractivity contribution in [1.29, 1.82) is 0 Å². The second-order valence-electron chi connectivity index (χ2n) is 12.7. The van der Waals surface area contributed by atoms with Crippen molar-refractivity contribution in [3.05, 3.63) is 48.6 Å². The first-order valence-electron chi connectivity index (χ1n) is 18.2. The third-order valence-electron chi connectivity index (χ3n) is 7.77. The van der Waals surface area contributed by atoms with Gasteiger partial charge in [0.1, 0.15) is 6.61 Å². The Hall–Kier alpha value is -2.22. The fourth-order valence-corrected chi connectivity index (χ4v) is 4.88. The molecule has 0 aromatic carbocycles. The Bertz CT molecular complexity index is 830. The number of allylic oxidation sites excluding steroid dienone is 7. The summed E-state index contributed by atoms with van der Waals surface area (Å²) in [6, 6.07) is 0. The van der Waals surface area contributed by atoms with E-state index in [1.165, 1.54) is 51.4 Å². The van der Waals surface area contributed by atoms with Crippen LogP contribution in [0.5, 0.6) is 0 Å². The fraction of sp³-hybridized carbons (Fsp3) is 0.744. The van der Waals surface area contributed by atoms with Gasteiger partial charge >= 0.3 is 11.9 Å². The molecule has 0 saturated heterocycles. The van der Waals surface area contributed by atoms with Crippen molar-refractivity contribution in [1.82, 2.24) is 0 Å². The molecule has 0 heterocycles. The molecule has 0 amide bonds. The molecule has 7 heteroatoms. The fourth-order valence-electron chi connectivity index (χ4n) is 4.88. The zero-order valence-electron chi connectivity index (χ0n) is 29.5. The van der Waals surface area contributed by atoms with Crippen LogP contribution in [0, 0.1) is 5.92 Å². The van der Waals surface area contributed by atoms with Gasteiger partial charge in [0.15, 0.2) is 6.10 Å². The van der Waals surface area contributed by atoms with Crippen LogP contribution in [-0.4, -0.2) is 58.8 Å². The zero-order chi connectivity index (χ0) is 34.1. The molecule has 0 saturated carbocycles. The van der Waals surface area contributed by atoms with Gasteiger partial charge in [0.05, 0.1) is 18.8 Å². The van der Waals surface area contributed by atoms with Gasteiger partial charge in [-0.3, -0.25) is 9.59 Å². The Morgan fingerprint density at radius 3 is 1.65 bits per heavy atom. The Balaban J connectivity index is 3.87. The van der Waals surface area contributed by atoms with Crippen LogP contribution in [0.25, 0.3) is 0 Å². The van der Waals surface area contributed by atoms with Gasteiger partial charge in [-0.1, -0.05) is 134 Å². The molecule has 7 nitrogen and oxygen atoms in total. The lowest BCUT2D eigenvalue weighted by Gasteiger charge is -2.17. The second kappa shape index (κ2) is 32.7. The van der Waals surface area contributed by atoms with Crippen molar-refractivity contribution in [2.45, 2.75) is 167 Å². The predicted molar refractivity (Wildman–Crippen MR) is 189 cm³/mol. The third kappa shape index (κ3) is 30.4. The normalized spacial score (nSPS) is 14.2.